The number of hydrogen-bond acceptors (Lipinski definition) is 6. The summed E-state index contributed by atoms with van der Waals surface area (Å²) in [6.45, 7) is 0. The molecular formula is C44H27N5O. The molecule has 50 heavy (non-hydrogen) atoms. The Morgan fingerprint density at radius 2 is 1.02 bits per heavy atom. The van der Waals surface area contributed by atoms with Crippen LogP contribution in [0.2, 0.25) is 0 Å². The van der Waals surface area contributed by atoms with Crippen molar-refractivity contribution in [3.63, 3.8) is 0 Å². The van der Waals surface area contributed by atoms with E-state index in [4.69, 9.17) is 19.4 Å². The van der Waals surface area contributed by atoms with Crippen LogP contribution >= 0.6 is 0 Å². The Hall–Kier alpha value is -6.79. The number of benzene rings is 5. The van der Waals surface area contributed by atoms with Crippen LogP contribution in [0.25, 0.3) is 67.5 Å². The number of furan rings is 1. The highest BCUT2D eigenvalue weighted by atomic mass is 16.3. The molecule has 0 saturated carbocycles. The van der Waals surface area contributed by atoms with Crippen molar-refractivity contribution in [2.24, 2.45) is 0 Å². The van der Waals surface area contributed by atoms with E-state index in [9.17, 15) is 0 Å². The van der Waals surface area contributed by atoms with Gasteiger partial charge in [-0.15, -0.1) is 0 Å². The molecule has 0 bridgehead atoms. The number of rotatable bonds is 5. The molecule has 0 spiro atoms. The van der Waals surface area contributed by atoms with Gasteiger partial charge in [0.1, 0.15) is 22.6 Å². The predicted molar refractivity (Wildman–Crippen MR) is 196 cm³/mol. The normalized spacial score (nSPS) is 13.0. The molecule has 4 aromatic heterocycles. The molecule has 9 aromatic rings. The fourth-order valence-electron chi connectivity index (χ4n) is 7.71. The van der Waals surface area contributed by atoms with Crippen LogP contribution in [0.15, 0.2) is 168 Å². The molecule has 0 saturated heterocycles. The van der Waals surface area contributed by atoms with Gasteiger partial charge in [0.05, 0.1) is 11.0 Å². The minimum Gasteiger partial charge on any atom is -0.455 e. The highest BCUT2D eigenvalue weighted by Crippen LogP contribution is 2.58. The molecule has 10 rings (SSSR count). The predicted octanol–water partition coefficient (Wildman–Crippen LogP) is 9.93. The lowest BCUT2D eigenvalue weighted by Gasteiger charge is -2.33. The van der Waals surface area contributed by atoms with Gasteiger partial charge in [-0.3, -0.25) is 9.97 Å². The number of nitrogens with zero attached hydrogens (tertiary/aromatic N) is 5. The van der Waals surface area contributed by atoms with Gasteiger partial charge < -0.3 is 4.42 Å². The minimum atomic E-state index is -0.507. The fourth-order valence-corrected chi connectivity index (χ4v) is 7.71. The molecule has 0 radical (unpaired) electrons. The van der Waals surface area contributed by atoms with E-state index in [2.05, 4.69) is 119 Å². The summed E-state index contributed by atoms with van der Waals surface area (Å²) in [6, 6.07) is 52.4. The Morgan fingerprint density at radius 1 is 0.440 bits per heavy atom. The molecule has 4 heterocycles. The second-order valence-corrected chi connectivity index (χ2v) is 12.4. The number of hydrogen-bond donors (Lipinski definition) is 0. The second-order valence-electron chi connectivity index (χ2n) is 12.4. The third-order valence-electron chi connectivity index (χ3n) is 9.75. The molecule has 0 atom stereocenters. The average molecular weight is 642 g/mol. The monoisotopic (exact) mass is 641 g/mol. The molecule has 0 amide bonds. The van der Waals surface area contributed by atoms with Crippen LogP contribution in [0.5, 0.6) is 0 Å². The van der Waals surface area contributed by atoms with Crippen LogP contribution in [-0.4, -0.2) is 24.9 Å². The molecule has 234 valence electrons. The zero-order valence-electron chi connectivity index (χ0n) is 26.7. The van der Waals surface area contributed by atoms with E-state index in [1.807, 2.05) is 42.5 Å². The smallest absolute Gasteiger partial charge is 0.182 e. The van der Waals surface area contributed by atoms with Crippen LogP contribution in [-0.2, 0) is 5.41 Å². The van der Waals surface area contributed by atoms with Crippen molar-refractivity contribution >= 4 is 21.9 Å². The quantitative estimate of drug-likeness (QED) is 0.186. The number of pyridine rings is 2. The molecule has 6 nitrogen and oxygen atoms in total. The standard InChI is InChI=1S/C44H27N5O/c1-3-14-28(15-4-1)44(29-16-5-2-6-17-29)33-21-8-7-18-30(33)38-34(44)24-25-37-39(38)31-19-13-20-32(40(31)50-37)41-47-42(35-22-9-11-26-45-35)49-43(48-41)36-23-10-12-27-46-36/h1-27H. The summed E-state index contributed by atoms with van der Waals surface area (Å²) >= 11 is 0. The van der Waals surface area contributed by atoms with E-state index in [0.29, 0.717) is 28.9 Å². The summed E-state index contributed by atoms with van der Waals surface area (Å²) < 4.78 is 6.82. The topological polar surface area (TPSA) is 77.6 Å². The van der Waals surface area contributed by atoms with Gasteiger partial charge >= 0.3 is 0 Å². The first kappa shape index (κ1) is 28.2. The van der Waals surface area contributed by atoms with Crippen molar-refractivity contribution in [2.45, 2.75) is 5.41 Å². The van der Waals surface area contributed by atoms with Gasteiger partial charge in [0, 0.05) is 23.2 Å². The second kappa shape index (κ2) is 11.1. The Labute approximate surface area is 287 Å². The molecule has 0 aliphatic heterocycles. The van der Waals surface area contributed by atoms with E-state index in [0.717, 1.165) is 27.5 Å². The molecule has 0 fully saturated rings. The Balaban J connectivity index is 1.27. The summed E-state index contributed by atoms with van der Waals surface area (Å²) in [5.41, 5.74) is 10.4. The fraction of sp³-hybridized carbons (Fsp3) is 0.0227. The summed E-state index contributed by atoms with van der Waals surface area (Å²) in [6.07, 6.45) is 3.48. The number of para-hydroxylation sites is 1. The average Bonchev–Trinajstić information content (AvgIpc) is 3.73. The third-order valence-corrected chi connectivity index (χ3v) is 9.75. The largest absolute Gasteiger partial charge is 0.455 e. The Bertz CT molecular complexity index is 2600. The first-order valence-corrected chi connectivity index (χ1v) is 16.6. The van der Waals surface area contributed by atoms with Crippen molar-refractivity contribution in [1.82, 2.24) is 24.9 Å². The molecule has 5 aromatic carbocycles. The van der Waals surface area contributed by atoms with Crippen LogP contribution in [0, 0.1) is 0 Å². The third kappa shape index (κ3) is 4.12. The molecule has 1 aliphatic carbocycles. The van der Waals surface area contributed by atoms with E-state index < -0.39 is 5.41 Å². The van der Waals surface area contributed by atoms with Crippen LogP contribution in [0.3, 0.4) is 0 Å². The van der Waals surface area contributed by atoms with Gasteiger partial charge in [-0.1, -0.05) is 115 Å². The first-order valence-electron chi connectivity index (χ1n) is 16.6. The summed E-state index contributed by atoms with van der Waals surface area (Å²) in [4.78, 5) is 23.8. The maximum atomic E-state index is 6.82. The maximum Gasteiger partial charge on any atom is 0.182 e. The van der Waals surface area contributed by atoms with Crippen molar-refractivity contribution in [3.05, 3.63) is 186 Å². The SMILES string of the molecule is c1ccc(C2(c3ccccc3)c3ccccc3-c3c2ccc2oc4c(-c5nc(-c6ccccn6)nc(-c6ccccn6)n5)cccc4c32)cc1. The molecular weight excluding hydrogens is 615 g/mol. The molecule has 0 unspecified atom stereocenters. The lowest BCUT2D eigenvalue weighted by molar-refractivity contribution is 0.669. The first-order chi connectivity index (χ1) is 24.8. The minimum absolute atomic E-state index is 0.467. The molecule has 6 heteroatoms. The van der Waals surface area contributed by atoms with Crippen molar-refractivity contribution in [1.29, 1.82) is 0 Å². The molecule has 0 N–H and O–H groups in total. The summed E-state index contributed by atoms with van der Waals surface area (Å²) in [5.74, 6) is 1.43. The maximum absolute atomic E-state index is 6.82. The van der Waals surface area contributed by atoms with Gasteiger partial charge in [-0.2, -0.15) is 0 Å². The number of fused-ring (bicyclic) bond motifs is 7. The van der Waals surface area contributed by atoms with Crippen molar-refractivity contribution in [3.8, 4) is 45.6 Å². The van der Waals surface area contributed by atoms with Gasteiger partial charge in [0.25, 0.3) is 0 Å². The lowest BCUT2D eigenvalue weighted by atomic mass is 9.67. The van der Waals surface area contributed by atoms with Crippen LogP contribution < -0.4 is 0 Å². The number of aromatic nitrogens is 5. The van der Waals surface area contributed by atoms with Crippen LogP contribution in [0.1, 0.15) is 22.3 Å². The molecule has 1 aliphatic rings. The van der Waals surface area contributed by atoms with E-state index >= 15 is 0 Å². The Kier molecular flexibility index (Phi) is 6.29. The zero-order valence-corrected chi connectivity index (χ0v) is 26.7. The van der Waals surface area contributed by atoms with E-state index in [1.165, 1.54) is 33.4 Å². The van der Waals surface area contributed by atoms with Gasteiger partial charge in [-0.05, 0) is 69.8 Å². The highest BCUT2D eigenvalue weighted by molar-refractivity contribution is 6.17. The summed E-state index contributed by atoms with van der Waals surface area (Å²) in [7, 11) is 0. The van der Waals surface area contributed by atoms with Gasteiger partial charge in [-0.25, -0.2) is 15.0 Å². The van der Waals surface area contributed by atoms with Crippen molar-refractivity contribution < 1.29 is 4.42 Å². The lowest BCUT2D eigenvalue weighted by Crippen LogP contribution is -2.28. The van der Waals surface area contributed by atoms with E-state index in [1.54, 1.807) is 12.4 Å². The Morgan fingerprint density at radius 3 is 1.66 bits per heavy atom. The highest BCUT2D eigenvalue weighted by Gasteiger charge is 2.47. The van der Waals surface area contributed by atoms with E-state index in [-0.39, 0.29) is 0 Å². The van der Waals surface area contributed by atoms with Crippen molar-refractivity contribution in [2.75, 3.05) is 0 Å². The van der Waals surface area contributed by atoms with Gasteiger partial charge in [0.15, 0.2) is 17.5 Å². The van der Waals surface area contributed by atoms with Crippen LogP contribution in [0.4, 0.5) is 0 Å². The summed E-state index contributed by atoms with van der Waals surface area (Å²) in [5, 5.41) is 2.07. The van der Waals surface area contributed by atoms with Gasteiger partial charge in [0.2, 0.25) is 0 Å². The zero-order chi connectivity index (χ0) is 33.1.